The summed E-state index contributed by atoms with van der Waals surface area (Å²) in [4.78, 5) is 23.1. The number of alkyl halides is 3. The maximum Gasteiger partial charge on any atom is 0.573 e. The van der Waals surface area contributed by atoms with Crippen molar-refractivity contribution in [3.63, 3.8) is 0 Å². The second-order valence-corrected chi connectivity index (χ2v) is 9.84. The van der Waals surface area contributed by atoms with Crippen molar-refractivity contribution in [2.75, 3.05) is 32.1 Å². The highest BCUT2D eigenvalue weighted by Gasteiger charge is 2.65. The van der Waals surface area contributed by atoms with E-state index in [0.29, 0.717) is 31.8 Å². The Labute approximate surface area is 195 Å². The number of amides is 2. The van der Waals surface area contributed by atoms with E-state index in [-0.39, 0.29) is 17.7 Å². The van der Waals surface area contributed by atoms with Crippen molar-refractivity contribution in [3.05, 3.63) is 54.0 Å². The summed E-state index contributed by atoms with van der Waals surface area (Å²) in [5.41, 5.74) is -0.0101. The van der Waals surface area contributed by atoms with Crippen LogP contribution in [0.15, 0.2) is 42.6 Å². The molecule has 1 spiro atoms. The summed E-state index contributed by atoms with van der Waals surface area (Å²) >= 11 is 0. The highest BCUT2D eigenvalue weighted by Crippen LogP contribution is 2.57. The third-order valence-electron chi connectivity index (χ3n) is 7.32. The van der Waals surface area contributed by atoms with Gasteiger partial charge in [-0.1, -0.05) is 12.1 Å². The fourth-order valence-corrected chi connectivity index (χ4v) is 5.43. The molecule has 0 atom stereocenters. The van der Waals surface area contributed by atoms with Gasteiger partial charge in [0, 0.05) is 6.54 Å². The Morgan fingerprint density at radius 2 is 1.91 bits per heavy atom. The number of urea groups is 1. The van der Waals surface area contributed by atoms with Crippen molar-refractivity contribution in [1.29, 1.82) is 0 Å². The van der Waals surface area contributed by atoms with Crippen LogP contribution in [0.1, 0.15) is 31.2 Å². The van der Waals surface area contributed by atoms with Gasteiger partial charge in [0.25, 0.3) is 0 Å². The van der Waals surface area contributed by atoms with Gasteiger partial charge in [-0.15, -0.1) is 13.2 Å². The zero-order valence-corrected chi connectivity index (χ0v) is 19.0. The van der Waals surface area contributed by atoms with Crippen molar-refractivity contribution in [3.8, 4) is 5.75 Å². The maximum absolute atomic E-state index is 14.0. The Morgan fingerprint density at radius 1 is 1.18 bits per heavy atom. The van der Waals surface area contributed by atoms with Crippen LogP contribution in [0.25, 0.3) is 0 Å². The van der Waals surface area contributed by atoms with E-state index in [4.69, 9.17) is 0 Å². The molecule has 0 N–H and O–H groups in total. The largest absolute Gasteiger partial charge is 0.573 e. The molecule has 5 rings (SSSR count). The Kier molecular flexibility index (Phi) is 5.27. The quantitative estimate of drug-likeness (QED) is 0.562. The second kappa shape index (κ2) is 7.83. The minimum atomic E-state index is -4.81. The third-order valence-corrected chi connectivity index (χ3v) is 7.32. The molecular formula is C24H26F4N4O2. The van der Waals surface area contributed by atoms with Gasteiger partial charge in [0.15, 0.2) is 0 Å². The lowest BCUT2D eigenvalue weighted by Gasteiger charge is -2.60. The number of ether oxygens (including phenoxy) is 1. The molecule has 1 saturated heterocycles. The zero-order chi connectivity index (χ0) is 24.3. The zero-order valence-electron chi connectivity index (χ0n) is 19.0. The van der Waals surface area contributed by atoms with E-state index in [2.05, 4.69) is 14.6 Å². The van der Waals surface area contributed by atoms with Crippen molar-refractivity contribution < 1.29 is 27.1 Å². The lowest BCUT2D eigenvalue weighted by molar-refractivity contribution is -0.274. The smallest absolute Gasteiger partial charge is 0.404 e. The molecule has 1 aromatic carbocycles. The number of hydrogen-bond acceptors (Lipinski definition) is 4. The summed E-state index contributed by atoms with van der Waals surface area (Å²) < 4.78 is 55.4. The van der Waals surface area contributed by atoms with Gasteiger partial charge in [-0.25, -0.2) is 14.2 Å². The van der Waals surface area contributed by atoms with E-state index < -0.39 is 23.2 Å². The normalized spacial score (nSPS) is 27.0. The standard InChI is InChI=1S/C24H26F4N4O2/c1-30(2)23(17-4-3-5-18(25)10-17)13-22(14-23)15-31(21(33)32(22)12-16-6-7-16)20-9-8-19(11-29-20)34-24(26,27)28/h3-5,8-11,16H,6-7,12-15H2,1-2H3/t22-,23+. The predicted molar refractivity (Wildman–Crippen MR) is 117 cm³/mol. The van der Waals surface area contributed by atoms with E-state index in [9.17, 15) is 22.4 Å². The monoisotopic (exact) mass is 478 g/mol. The van der Waals surface area contributed by atoms with Gasteiger partial charge in [-0.05, 0) is 75.5 Å². The number of rotatable bonds is 6. The number of benzene rings is 1. The van der Waals surface area contributed by atoms with E-state index in [1.165, 1.54) is 17.0 Å². The topological polar surface area (TPSA) is 48.9 Å². The molecule has 182 valence electrons. The molecule has 2 amide bonds. The molecule has 10 heteroatoms. The number of anilines is 1. The number of carbonyl (C=O) groups excluding carboxylic acids is 1. The van der Waals surface area contributed by atoms with E-state index in [1.54, 1.807) is 12.1 Å². The van der Waals surface area contributed by atoms with Crippen LogP contribution in [0.4, 0.5) is 28.2 Å². The average molecular weight is 478 g/mol. The SMILES string of the molecule is CN(C)[C@]1(c2cccc(F)c2)C[C@@]2(CN(c3ccc(OC(F)(F)F)cn3)C(=O)N2CC2CC2)C1. The third kappa shape index (κ3) is 3.97. The Bertz CT molecular complexity index is 1080. The second-order valence-electron chi connectivity index (χ2n) is 9.84. The highest BCUT2D eigenvalue weighted by molar-refractivity contribution is 5.95. The molecule has 3 aliphatic rings. The van der Waals surface area contributed by atoms with Crippen molar-refractivity contribution in [1.82, 2.24) is 14.8 Å². The number of pyridine rings is 1. The molecule has 0 bridgehead atoms. The molecule has 2 heterocycles. The van der Waals surface area contributed by atoms with Crippen LogP contribution in [-0.4, -0.2) is 59.9 Å². The van der Waals surface area contributed by atoms with Crippen LogP contribution in [0, 0.1) is 11.7 Å². The average Bonchev–Trinajstić information content (AvgIpc) is 3.50. The van der Waals surface area contributed by atoms with E-state index in [1.807, 2.05) is 25.1 Å². The maximum atomic E-state index is 14.0. The summed E-state index contributed by atoms with van der Waals surface area (Å²) in [5, 5.41) is 0. The van der Waals surface area contributed by atoms with Gasteiger partial charge >= 0.3 is 12.4 Å². The lowest BCUT2D eigenvalue weighted by Crippen LogP contribution is -2.67. The molecule has 2 aliphatic carbocycles. The Balaban J connectivity index is 1.43. The van der Waals surface area contributed by atoms with Crippen LogP contribution in [0.3, 0.4) is 0 Å². The summed E-state index contributed by atoms with van der Waals surface area (Å²) in [5.74, 6) is 0.00273. The first-order chi connectivity index (χ1) is 16.0. The number of hydrogen-bond donors (Lipinski definition) is 0. The molecule has 6 nitrogen and oxygen atoms in total. The number of halogens is 4. The molecule has 34 heavy (non-hydrogen) atoms. The van der Waals surface area contributed by atoms with Gasteiger partial charge in [-0.2, -0.15) is 0 Å². The number of carbonyl (C=O) groups is 1. The lowest BCUT2D eigenvalue weighted by atomic mass is 9.58. The van der Waals surface area contributed by atoms with Gasteiger partial charge in [-0.3, -0.25) is 9.80 Å². The van der Waals surface area contributed by atoms with Gasteiger partial charge in [0.05, 0.1) is 23.8 Å². The first-order valence-electron chi connectivity index (χ1n) is 11.3. The van der Waals surface area contributed by atoms with Crippen LogP contribution in [0.2, 0.25) is 0 Å². The summed E-state index contributed by atoms with van der Waals surface area (Å²) in [6.07, 6.45) is -0.434. The highest BCUT2D eigenvalue weighted by atomic mass is 19.4. The number of aromatic nitrogens is 1. The molecular weight excluding hydrogens is 452 g/mol. The predicted octanol–water partition coefficient (Wildman–Crippen LogP) is 4.76. The first-order valence-corrected chi connectivity index (χ1v) is 11.3. The van der Waals surface area contributed by atoms with Gasteiger partial charge < -0.3 is 9.64 Å². The Hall–Kier alpha value is -2.88. The molecule has 3 fully saturated rings. The first kappa shape index (κ1) is 22.9. The molecule has 2 aromatic rings. The van der Waals surface area contributed by atoms with E-state index >= 15 is 0 Å². The van der Waals surface area contributed by atoms with Crippen molar-refractivity contribution in [2.45, 2.75) is 43.1 Å². The summed E-state index contributed by atoms with van der Waals surface area (Å²) in [7, 11) is 3.91. The minimum absolute atomic E-state index is 0.199. The molecule has 1 aliphatic heterocycles. The van der Waals surface area contributed by atoms with Crippen LogP contribution in [-0.2, 0) is 5.54 Å². The number of nitrogens with zero attached hydrogens (tertiary/aromatic N) is 4. The Morgan fingerprint density at radius 3 is 2.47 bits per heavy atom. The summed E-state index contributed by atoms with van der Waals surface area (Å²) in [6.45, 7) is 1.01. The van der Waals surface area contributed by atoms with Crippen LogP contribution in [0.5, 0.6) is 5.75 Å². The molecule has 1 aromatic heterocycles. The minimum Gasteiger partial charge on any atom is -0.404 e. The fraction of sp³-hybridized carbons (Fsp3) is 0.500. The molecule has 0 radical (unpaired) electrons. The van der Waals surface area contributed by atoms with Gasteiger partial charge in [0.2, 0.25) is 0 Å². The van der Waals surface area contributed by atoms with Crippen LogP contribution < -0.4 is 9.64 Å². The fourth-order valence-electron chi connectivity index (χ4n) is 5.43. The summed E-state index contributed by atoms with van der Waals surface area (Å²) in [6, 6.07) is 8.91. The van der Waals surface area contributed by atoms with Crippen molar-refractivity contribution >= 4 is 11.8 Å². The van der Waals surface area contributed by atoms with Crippen molar-refractivity contribution in [2.24, 2.45) is 5.92 Å². The van der Waals surface area contributed by atoms with Gasteiger partial charge in [0.1, 0.15) is 17.4 Å². The molecule has 2 saturated carbocycles. The van der Waals surface area contributed by atoms with Crippen LogP contribution >= 0.6 is 0 Å². The van der Waals surface area contributed by atoms with E-state index in [0.717, 1.165) is 30.7 Å². The molecule has 0 unspecified atom stereocenters.